The first-order chi connectivity index (χ1) is 9.92. The number of amides is 2. The molecule has 0 heterocycles. The summed E-state index contributed by atoms with van der Waals surface area (Å²) in [6.07, 6.45) is 5.02. The van der Waals surface area contributed by atoms with Gasteiger partial charge in [-0.05, 0) is 24.7 Å². The SMILES string of the molecule is CCC1CCC(CNC(=O)N[C@@H](CC(=O)O)C(=O)O)CC1. The first-order valence-corrected chi connectivity index (χ1v) is 7.41. The molecule has 7 nitrogen and oxygen atoms in total. The van der Waals surface area contributed by atoms with Gasteiger partial charge in [0.1, 0.15) is 6.04 Å². The van der Waals surface area contributed by atoms with Gasteiger partial charge in [-0.3, -0.25) is 4.79 Å². The molecular formula is C14H24N2O5. The Hall–Kier alpha value is -1.79. The molecule has 0 saturated heterocycles. The Morgan fingerprint density at radius 3 is 2.14 bits per heavy atom. The quantitative estimate of drug-likeness (QED) is 0.567. The summed E-state index contributed by atoms with van der Waals surface area (Å²) in [5.74, 6) is -1.42. The number of rotatable bonds is 7. The minimum atomic E-state index is -1.40. The number of hydrogen-bond acceptors (Lipinski definition) is 3. The van der Waals surface area contributed by atoms with E-state index in [1.165, 1.54) is 19.3 Å². The lowest BCUT2D eigenvalue weighted by Crippen LogP contribution is -2.48. The summed E-state index contributed by atoms with van der Waals surface area (Å²) in [5, 5.41) is 22.2. The number of carbonyl (C=O) groups excluding carboxylic acids is 1. The maximum absolute atomic E-state index is 11.6. The van der Waals surface area contributed by atoms with Gasteiger partial charge < -0.3 is 20.8 Å². The van der Waals surface area contributed by atoms with Crippen LogP contribution >= 0.6 is 0 Å². The molecule has 1 saturated carbocycles. The van der Waals surface area contributed by atoms with Crippen LogP contribution in [0, 0.1) is 11.8 Å². The van der Waals surface area contributed by atoms with Gasteiger partial charge in [0, 0.05) is 6.54 Å². The number of carboxylic acids is 2. The number of carboxylic acid groups (broad SMARTS) is 2. The molecule has 1 aliphatic carbocycles. The smallest absolute Gasteiger partial charge is 0.326 e. The molecule has 0 spiro atoms. The molecule has 0 radical (unpaired) electrons. The normalized spacial score (nSPS) is 23.1. The third-order valence-electron chi connectivity index (χ3n) is 4.08. The zero-order valence-corrected chi connectivity index (χ0v) is 12.3. The Balaban J connectivity index is 2.30. The van der Waals surface area contributed by atoms with Crippen LogP contribution in [-0.4, -0.2) is 40.8 Å². The lowest BCUT2D eigenvalue weighted by molar-refractivity contribution is -0.145. The van der Waals surface area contributed by atoms with E-state index in [1.807, 2.05) is 0 Å². The van der Waals surface area contributed by atoms with E-state index in [9.17, 15) is 14.4 Å². The van der Waals surface area contributed by atoms with Gasteiger partial charge in [0.15, 0.2) is 0 Å². The van der Waals surface area contributed by atoms with Gasteiger partial charge in [-0.25, -0.2) is 9.59 Å². The van der Waals surface area contributed by atoms with Crippen molar-refractivity contribution in [3.63, 3.8) is 0 Å². The van der Waals surface area contributed by atoms with Gasteiger partial charge in [0.25, 0.3) is 0 Å². The largest absolute Gasteiger partial charge is 0.481 e. The molecule has 0 aliphatic heterocycles. The number of hydrogen-bond donors (Lipinski definition) is 4. The van der Waals surface area contributed by atoms with Crippen LogP contribution in [-0.2, 0) is 9.59 Å². The molecule has 120 valence electrons. The van der Waals surface area contributed by atoms with Crippen LogP contribution in [0.15, 0.2) is 0 Å². The molecular weight excluding hydrogens is 276 g/mol. The molecule has 0 unspecified atom stereocenters. The lowest BCUT2D eigenvalue weighted by atomic mass is 9.81. The fraction of sp³-hybridized carbons (Fsp3) is 0.786. The molecule has 1 aliphatic rings. The van der Waals surface area contributed by atoms with Crippen molar-refractivity contribution >= 4 is 18.0 Å². The van der Waals surface area contributed by atoms with E-state index in [0.717, 1.165) is 18.8 Å². The highest BCUT2D eigenvalue weighted by Gasteiger charge is 2.24. The summed E-state index contributed by atoms with van der Waals surface area (Å²) in [7, 11) is 0. The number of aliphatic carboxylic acids is 2. The van der Waals surface area contributed by atoms with E-state index in [4.69, 9.17) is 10.2 Å². The standard InChI is InChI=1S/C14H24N2O5/c1-2-9-3-5-10(6-4-9)8-15-14(21)16-11(13(19)20)7-12(17)18/h9-11H,2-8H2,1H3,(H,17,18)(H,19,20)(H2,15,16,21)/t9?,10?,11-/m0/s1. The summed E-state index contributed by atoms with van der Waals surface area (Å²) in [5.41, 5.74) is 0. The molecule has 0 aromatic heterocycles. The first kappa shape index (κ1) is 17.3. The molecule has 7 heteroatoms. The molecule has 2 amide bonds. The van der Waals surface area contributed by atoms with Crippen molar-refractivity contribution in [1.29, 1.82) is 0 Å². The van der Waals surface area contributed by atoms with Crippen molar-refractivity contribution < 1.29 is 24.6 Å². The fourth-order valence-corrected chi connectivity index (χ4v) is 2.66. The fourth-order valence-electron chi connectivity index (χ4n) is 2.66. The number of nitrogens with one attached hydrogen (secondary N) is 2. The van der Waals surface area contributed by atoms with Crippen LogP contribution in [0.3, 0.4) is 0 Å². The Kier molecular flexibility index (Phi) is 6.98. The van der Waals surface area contributed by atoms with E-state index in [-0.39, 0.29) is 0 Å². The second kappa shape index (κ2) is 8.49. The van der Waals surface area contributed by atoms with E-state index in [0.29, 0.717) is 12.5 Å². The molecule has 1 fully saturated rings. The second-order valence-corrected chi connectivity index (χ2v) is 5.64. The minimum Gasteiger partial charge on any atom is -0.481 e. The molecule has 0 aromatic carbocycles. The maximum atomic E-state index is 11.6. The summed E-state index contributed by atoms with van der Waals surface area (Å²) in [4.78, 5) is 33.0. The van der Waals surface area contributed by atoms with E-state index < -0.39 is 30.4 Å². The van der Waals surface area contributed by atoms with Crippen LogP contribution in [0.5, 0.6) is 0 Å². The third kappa shape index (κ3) is 6.46. The van der Waals surface area contributed by atoms with Gasteiger partial charge in [0.2, 0.25) is 0 Å². The highest BCUT2D eigenvalue weighted by atomic mass is 16.4. The highest BCUT2D eigenvalue weighted by Crippen LogP contribution is 2.29. The molecule has 21 heavy (non-hydrogen) atoms. The van der Waals surface area contributed by atoms with Crippen molar-refractivity contribution in [1.82, 2.24) is 10.6 Å². The van der Waals surface area contributed by atoms with Gasteiger partial charge in [0.05, 0.1) is 6.42 Å². The molecule has 4 N–H and O–H groups in total. The van der Waals surface area contributed by atoms with Crippen LogP contribution in [0.2, 0.25) is 0 Å². The van der Waals surface area contributed by atoms with E-state index in [2.05, 4.69) is 17.6 Å². The van der Waals surface area contributed by atoms with Gasteiger partial charge >= 0.3 is 18.0 Å². The van der Waals surface area contributed by atoms with E-state index in [1.54, 1.807) is 0 Å². The van der Waals surface area contributed by atoms with Crippen LogP contribution in [0.4, 0.5) is 4.79 Å². The summed E-state index contributed by atoms with van der Waals surface area (Å²) in [6, 6.07) is -2.03. The van der Waals surface area contributed by atoms with Crippen molar-refractivity contribution in [2.24, 2.45) is 11.8 Å². The highest BCUT2D eigenvalue weighted by molar-refractivity contribution is 5.86. The van der Waals surface area contributed by atoms with Crippen molar-refractivity contribution in [3.05, 3.63) is 0 Å². The molecule has 1 atom stereocenters. The monoisotopic (exact) mass is 300 g/mol. The second-order valence-electron chi connectivity index (χ2n) is 5.64. The Morgan fingerprint density at radius 2 is 1.67 bits per heavy atom. The van der Waals surface area contributed by atoms with Crippen LogP contribution < -0.4 is 10.6 Å². The van der Waals surface area contributed by atoms with E-state index >= 15 is 0 Å². The van der Waals surface area contributed by atoms with Gasteiger partial charge in [-0.2, -0.15) is 0 Å². The average molecular weight is 300 g/mol. The van der Waals surface area contributed by atoms with Crippen LogP contribution in [0.25, 0.3) is 0 Å². The third-order valence-corrected chi connectivity index (χ3v) is 4.08. The number of carbonyl (C=O) groups is 3. The summed E-state index contributed by atoms with van der Waals surface area (Å²) >= 11 is 0. The maximum Gasteiger partial charge on any atom is 0.326 e. The lowest BCUT2D eigenvalue weighted by Gasteiger charge is -2.28. The Bertz CT molecular complexity index is 378. The minimum absolute atomic E-state index is 0.418. The van der Waals surface area contributed by atoms with Crippen LogP contribution in [0.1, 0.15) is 45.4 Å². The average Bonchev–Trinajstić information content (AvgIpc) is 2.44. The van der Waals surface area contributed by atoms with Gasteiger partial charge in [-0.15, -0.1) is 0 Å². The molecule has 1 rings (SSSR count). The Morgan fingerprint density at radius 1 is 1.10 bits per heavy atom. The zero-order chi connectivity index (χ0) is 15.8. The summed E-state index contributed by atoms with van der Waals surface area (Å²) in [6.45, 7) is 2.69. The Labute approximate surface area is 124 Å². The predicted octanol–water partition coefficient (Wildman–Crippen LogP) is 1.43. The topological polar surface area (TPSA) is 116 Å². The summed E-state index contributed by atoms with van der Waals surface area (Å²) < 4.78 is 0. The molecule has 0 aromatic rings. The molecule has 0 bridgehead atoms. The number of urea groups is 1. The predicted molar refractivity (Wildman–Crippen MR) is 76.0 cm³/mol. The van der Waals surface area contributed by atoms with Crippen molar-refractivity contribution in [2.75, 3.05) is 6.54 Å². The first-order valence-electron chi connectivity index (χ1n) is 7.41. The van der Waals surface area contributed by atoms with Crippen molar-refractivity contribution in [2.45, 2.75) is 51.5 Å². The van der Waals surface area contributed by atoms with Crippen molar-refractivity contribution in [3.8, 4) is 0 Å². The van der Waals surface area contributed by atoms with Gasteiger partial charge in [-0.1, -0.05) is 26.2 Å². The zero-order valence-electron chi connectivity index (χ0n) is 12.3.